The van der Waals surface area contributed by atoms with Gasteiger partial charge in [-0.2, -0.15) is 18.2 Å². The van der Waals surface area contributed by atoms with Crippen LogP contribution < -0.4 is 36.2 Å². The maximum atomic E-state index is 14.0. The lowest BCUT2D eigenvalue weighted by molar-refractivity contribution is -0.138. The molecule has 0 radical (unpaired) electrons. The number of halogens is 3. The van der Waals surface area contributed by atoms with Crippen molar-refractivity contribution in [2.45, 2.75) is 70.0 Å². The fourth-order valence-corrected chi connectivity index (χ4v) is 8.15. The van der Waals surface area contributed by atoms with E-state index in [1.165, 1.54) is 31.4 Å². The Labute approximate surface area is 388 Å². The first-order chi connectivity index (χ1) is 32.6. The number of rotatable bonds is 18. The number of imide groups is 2. The number of benzene rings is 3. The fourth-order valence-electron chi connectivity index (χ4n) is 8.15. The van der Waals surface area contributed by atoms with Crippen LogP contribution in [0.2, 0.25) is 0 Å². The number of piperidine rings is 1. The molecule has 7 amide bonds. The Morgan fingerprint density at radius 1 is 0.853 bits per heavy atom. The summed E-state index contributed by atoms with van der Waals surface area (Å²) in [7, 11) is 1.46. The van der Waals surface area contributed by atoms with Gasteiger partial charge in [0.2, 0.25) is 35.5 Å². The van der Waals surface area contributed by atoms with Crippen molar-refractivity contribution in [2.24, 2.45) is 0 Å². The van der Waals surface area contributed by atoms with Gasteiger partial charge in [0, 0.05) is 74.8 Å². The SMILES string of the molecule is C=CC(=O)Nc1cccc(Nc2nc(Nc3ccc(N4CCN(C(=O)CCCCCCCC(=O)Nc5cccc6c5C(=O)N(C5CCC(=O)NC5=O)C6=O)CC4)cc3OC)ncc2C(F)(F)F)c1. The van der Waals surface area contributed by atoms with Crippen LogP contribution in [0, 0.1) is 0 Å². The minimum Gasteiger partial charge on any atom is -0.494 e. The van der Waals surface area contributed by atoms with Gasteiger partial charge in [-0.05, 0) is 67.8 Å². The molecule has 1 aromatic heterocycles. The van der Waals surface area contributed by atoms with Crippen molar-refractivity contribution in [1.82, 2.24) is 25.1 Å². The van der Waals surface area contributed by atoms with E-state index < -0.39 is 53.1 Å². The molecular formula is C47H49F3N10O8. The molecule has 7 rings (SSSR count). The molecule has 5 N–H and O–H groups in total. The molecule has 3 aliphatic rings. The number of aromatic nitrogens is 2. The molecule has 0 aliphatic carbocycles. The van der Waals surface area contributed by atoms with E-state index >= 15 is 0 Å². The minimum atomic E-state index is -4.77. The Hall–Kier alpha value is -7.84. The highest BCUT2D eigenvalue weighted by molar-refractivity contribution is 6.26. The summed E-state index contributed by atoms with van der Waals surface area (Å²) in [5, 5.41) is 13.1. The molecule has 3 aromatic carbocycles. The average Bonchev–Trinajstić information content (AvgIpc) is 3.57. The normalized spacial score (nSPS) is 15.9. The summed E-state index contributed by atoms with van der Waals surface area (Å²) >= 11 is 0. The van der Waals surface area contributed by atoms with Gasteiger partial charge in [-0.15, -0.1) is 0 Å². The molecule has 356 valence electrons. The largest absolute Gasteiger partial charge is 0.494 e. The molecule has 4 heterocycles. The molecule has 68 heavy (non-hydrogen) atoms. The number of anilines is 7. The predicted octanol–water partition coefficient (Wildman–Crippen LogP) is 6.53. The smallest absolute Gasteiger partial charge is 0.421 e. The molecule has 18 nitrogen and oxygen atoms in total. The lowest BCUT2D eigenvalue weighted by Crippen LogP contribution is -2.54. The standard InChI is InChI=1S/C47H49F3N10O8/c1-3-37(61)52-28-11-9-12-29(25-28)53-42-32(47(48,49)50)27-51-46(57-42)55-33-18-17-30(26-36(33)68-2)58-21-23-59(24-22-58)40(64)16-8-6-4-5-7-15-38(62)54-34-14-10-13-31-41(34)45(67)60(44(31)66)35-19-20-39(63)56-43(35)65/h3,9-14,17-18,25-27,35H,1,4-8,15-16,19-24H2,2H3,(H,52,61)(H,54,62)(H,56,63,65)(H2,51,53,55,57). The van der Waals surface area contributed by atoms with Crippen molar-refractivity contribution >= 4 is 81.6 Å². The number of nitrogens with zero attached hydrogens (tertiary/aromatic N) is 5. The maximum absolute atomic E-state index is 14.0. The van der Waals surface area contributed by atoms with Crippen molar-refractivity contribution in [1.29, 1.82) is 0 Å². The second-order valence-corrected chi connectivity index (χ2v) is 16.2. The third-order valence-corrected chi connectivity index (χ3v) is 11.6. The lowest BCUT2D eigenvalue weighted by atomic mass is 10.0. The molecular weight excluding hydrogens is 890 g/mol. The lowest BCUT2D eigenvalue weighted by Gasteiger charge is -2.36. The predicted molar refractivity (Wildman–Crippen MR) is 245 cm³/mol. The monoisotopic (exact) mass is 938 g/mol. The number of hydrogen-bond acceptors (Lipinski definition) is 13. The second kappa shape index (κ2) is 21.2. The van der Waals surface area contributed by atoms with Crippen LogP contribution in [0.4, 0.5) is 53.4 Å². The quantitative estimate of drug-likeness (QED) is 0.0407. The topological polar surface area (TPSA) is 224 Å². The molecule has 2 saturated heterocycles. The van der Waals surface area contributed by atoms with E-state index in [1.807, 2.05) is 11.0 Å². The number of carbonyl (C=O) groups excluding carboxylic acids is 7. The average molecular weight is 939 g/mol. The third kappa shape index (κ3) is 11.4. The molecule has 0 spiro atoms. The van der Waals surface area contributed by atoms with Crippen LogP contribution >= 0.6 is 0 Å². The van der Waals surface area contributed by atoms with E-state index in [4.69, 9.17) is 4.74 Å². The van der Waals surface area contributed by atoms with E-state index in [-0.39, 0.29) is 59.5 Å². The second-order valence-electron chi connectivity index (χ2n) is 16.2. The van der Waals surface area contributed by atoms with Crippen LogP contribution in [0.1, 0.15) is 84.1 Å². The number of hydrogen-bond donors (Lipinski definition) is 5. The molecule has 1 unspecified atom stereocenters. The van der Waals surface area contributed by atoms with Gasteiger partial charge in [0.05, 0.1) is 29.6 Å². The highest BCUT2D eigenvalue weighted by Gasteiger charge is 2.46. The van der Waals surface area contributed by atoms with Crippen LogP contribution in [0.3, 0.4) is 0 Å². The Kier molecular flexibility index (Phi) is 15.0. The summed E-state index contributed by atoms with van der Waals surface area (Å²) in [4.78, 5) is 101. The molecule has 21 heteroatoms. The zero-order chi connectivity index (χ0) is 48.5. The number of piperazine rings is 1. The van der Waals surface area contributed by atoms with Gasteiger partial charge in [0.1, 0.15) is 23.2 Å². The third-order valence-electron chi connectivity index (χ3n) is 11.6. The number of amides is 7. The zero-order valence-corrected chi connectivity index (χ0v) is 37.0. The molecule has 2 fully saturated rings. The summed E-state index contributed by atoms with van der Waals surface area (Å²) < 4.78 is 47.6. The van der Waals surface area contributed by atoms with Crippen molar-refractivity contribution in [3.8, 4) is 5.75 Å². The number of nitrogens with one attached hydrogen (secondary N) is 5. The van der Waals surface area contributed by atoms with Gasteiger partial charge in [0.15, 0.2) is 0 Å². The van der Waals surface area contributed by atoms with E-state index in [1.54, 1.807) is 30.3 Å². The highest BCUT2D eigenvalue weighted by Crippen LogP contribution is 2.38. The van der Waals surface area contributed by atoms with Gasteiger partial charge in [0.25, 0.3) is 11.8 Å². The number of unbranched alkanes of at least 4 members (excludes halogenated alkanes) is 4. The number of ether oxygens (including phenoxy) is 1. The van der Waals surface area contributed by atoms with Crippen LogP contribution in [-0.4, -0.2) is 100 Å². The Bertz CT molecular complexity index is 2640. The zero-order valence-electron chi connectivity index (χ0n) is 37.0. The van der Waals surface area contributed by atoms with E-state index in [0.717, 1.165) is 35.9 Å². The molecule has 3 aliphatic heterocycles. The first-order valence-corrected chi connectivity index (χ1v) is 22.0. The van der Waals surface area contributed by atoms with Crippen LogP contribution in [0.5, 0.6) is 5.75 Å². The summed E-state index contributed by atoms with van der Waals surface area (Å²) in [6, 6.07) is 14.8. The number of carbonyl (C=O) groups is 7. The van der Waals surface area contributed by atoms with Crippen molar-refractivity contribution < 1.29 is 51.5 Å². The minimum absolute atomic E-state index is 0.000253. The van der Waals surface area contributed by atoms with Gasteiger partial charge in [-0.3, -0.25) is 43.8 Å². The van der Waals surface area contributed by atoms with E-state index in [0.29, 0.717) is 68.8 Å². The molecule has 1 atom stereocenters. The molecule has 0 saturated carbocycles. The number of alkyl halides is 3. The number of fused-ring (bicyclic) bond motifs is 1. The van der Waals surface area contributed by atoms with E-state index in [2.05, 4.69) is 48.0 Å². The highest BCUT2D eigenvalue weighted by atomic mass is 19.4. The van der Waals surface area contributed by atoms with Gasteiger partial charge in [-0.1, -0.05) is 38.0 Å². The van der Waals surface area contributed by atoms with Gasteiger partial charge in [-0.25, -0.2) is 4.98 Å². The number of methoxy groups -OCH3 is 1. The van der Waals surface area contributed by atoms with Gasteiger partial charge < -0.3 is 35.8 Å². The maximum Gasteiger partial charge on any atom is 0.421 e. The van der Waals surface area contributed by atoms with Gasteiger partial charge >= 0.3 is 6.18 Å². The Morgan fingerprint density at radius 2 is 1.57 bits per heavy atom. The fraction of sp³-hybridized carbons (Fsp3) is 0.340. The first-order valence-electron chi connectivity index (χ1n) is 22.0. The van der Waals surface area contributed by atoms with Crippen LogP contribution in [-0.2, 0) is 30.1 Å². The van der Waals surface area contributed by atoms with Crippen molar-refractivity contribution in [3.63, 3.8) is 0 Å². The summed E-state index contributed by atoms with van der Waals surface area (Å²) in [5.41, 5.74) is 0.980. The summed E-state index contributed by atoms with van der Waals surface area (Å²) in [5.74, 6) is -3.55. The Balaban J connectivity index is 0.832. The first kappa shape index (κ1) is 48.1. The van der Waals surface area contributed by atoms with Crippen LogP contribution in [0.15, 0.2) is 79.5 Å². The molecule has 0 bridgehead atoms. The Morgan fingerprint density at radius 3 is 2.29 bits per heavy atom. The summed E-state index contributed by atoms with van der Waals surface area (Å²) in [6.45, 7) is 5.54. The van der Waals surface area contributed by atoms with Crippen LogP contribution in [0.25, 0.3) is 0 Å². The summed E-state index contributed by atoms with van der Waals surface area (Å²) in [6.07, 6.45) is 1.19. The molecule has 4 aromatic rings. The van der Waals surface area contributed by atoms with Crippen molar-refractivity contribution in [3.05, 3.63) is 96.2 Å². The van der Waals surface area contributed by atoms with E-state index in [9.17, 15) is 46.7 Å². The van der Waals surface area contributed by atoms with Crippen molar-refractivity contribution in [2.75, 3.05) is 59.5 Å².